The van der Waals surface area contributed by atoms with Crippen LogP contribution in [0, 0.1) is 6.92 Å². The molecule has 0 aliphatic carbocycles. The van der Waals surface area contributed by atoms with E-state index in [4.69, 9.17) is 0 Å². The first-order valence-corrected chi connectivity index (χ1v) is 14.7. The van der Waals surface area contributed by atoms with Crippen LogP contribution in [0.25, 0.3) is 6.08 Å². The lowest BCUT2D eigenvalue weighted by Crippen LogP contribution is -2.61. The molecule has 0 bridgehead atoms. The molecule has 0 saturated carbocycles. The molecule has 0 aromatic heterocycles. The third-order valence-corrected chi connectivity index (χ3v) is 21.9. The fourth-order valence-corrected chi connectivity index (χ4v) is 9.44. The second kappa shape index (κ2) is 6.16. The highest BCUT2D eigenvalue weighted by Crippen LogP contribution is 2.21. The third kappa shape index (κ3) is 3.63. The molecular formula is C19H26Si2. The summed E-state index contributed by atoms with van der Waals surface area (Å²) in [5, 5.41) is 1.58. The minimum absolute atomic E-state index is 1.32. The van der Waals surface area contributed by atoms with Gasteiger partial charge in [-0.15, -0.1) is 0 Å². The molecule has 2 aromatic rings. The van der Waals surface area contributed by atoms with Crippen LogP contribution in [0.2, 0.25) is 26.2 Å². The molecule has 0 fully saturated rings. The number of rotatable bonds is 4. The predicted octanol–water partition coefficient (Wildman–Crippen LogP) is 4.95. The molecule has 0 aliphatic rings. The molecule has 110 valence electrons. The van der Waals surface area contributed by atoms with Crippen LogP contribution >= 0.6 is 0 Å². The van der Waals surface area contributed by atoms with E-state index in [9.17, 15) is 0 Å². The highest BCUT2D eigenvalue weighted by atomic mass is 29.3. The summed E-state index contributed by atoms with van der Waals surface area (Å²) in [6.07, 6.45) is 2.34. The summed E-state index contributed by atoms with van der Waals surface area (Å²) in [6, 6.07) is 19.9. The third-order valence-electron chi connectivity index (χ3n) is 4.88. The Morgan fingerprint density at radius 1 is 0.762 bits per heavy atom. The highest BCUT2D eigenvalue weighted by Gasteiger charge is 2.40. The standard InChI is InChI=1S/C19H26Si2/c1-17-11-13-18(14-12-17)15-16-20(2,3)21(4,5)19-9-7-6-8-10-19/h6-16H,1-5H3/b16-15+. The van der Waals surface area contributed by atoms with Gasteiger partial charge in [0, 0.05) is 0 Å². The van der Waals surface area contributed by atoms with Gasteiger partial charge in [-0.05, 0) is 12.5 Å². The SMILES string of the molecule is Cc1ccc(/C=C/[Si](C)(C)[Si](C)(C)c2ccccc2)cc1. The summed E-state index contributed by atoms with van der Waals surface area (Å²) < 4.78 is 0. The maximum Gasteiger partial charge on any atom is 0.0784 e. The molecule has 0 N–H and O–H groups in total. The van der Waals surface area contributed by atoms with Crippen LogP contribution < -0.4 is 5.19 Å². The Labute approximate surface area is 131 Å². The maximum atomic E-state index is 2.54. The van der Waals surface area contributed by atoms with Crippen molar-refractivity contribution < 1.29 is 0 Å². The van der Waals surface area contributed by atoms with E-state index in [0.29, 0.717) is 0 Å². The van der Waals surface area contributed by atoms with Crippen molar-refractivity contribution in [2.24, 2.45) is 0 Å². The monoisotopic (exact) mass is 310 g/mol. The number of hydrogen-bond acceptors (Lipinski definition) is 0. The lowest BCUT2D eigenvalue weighted by molar-refractivity contribution is 1.46. The summed E-state index contributed by atoms with van der Waals surface area (Å²) in [7, 11) is -2.83. The van der Waals surface area contributed by atoms with Gasteiger partial charge in [0.1, 0.15) is 0 Å². The second-order valence-corrected chi connectivity index (χ2v) is 22.2. The molecule has 2 rings (SSSR count). The Morgan fingerprint density at radius 2 is 1.33 bits per heavy atom. The zero-order chi connectivity index (χ0) is 15.5. The van der Waals surface area contributed by atoms with Gasteiger partial charge in [-0.1, -0.05) is 103 Å². The van der Waals surface area contributed by atoms with Crippen molar-refractivity contribution >= 4 is 26.4 Å². The molecule has 0 atom stereocenters. The molecule has 0 aliphatic heterocycles. The van der Waals surface area contributed by atoms with E-state index in [2.05, 4.69) is 99.5 Å². The maximum absolute atomic E-state index is 2.54. The fourth-order valence-electron chi connectivity index (χ4n) is 2.42. The molecule has 0 spiro atoms. The van der Waals surface area contributed by atoms with Gasteiger partial charge in [-0.2, -0.15) is 0 Å². The van der Waals surface area contributed by atoms with Crippen LogP contribution in [0.1, 0.15) is 11.1 Å². The average Bonchev–Trinajstić information content (AvgIpc) is 2.47. The Kier molecular flexibility index (Phi) is 4.69. The summed E-state index contributed by atoms with van der Waals surface area (Å²) in [5.74, 6) is 0. The molecule has 0 nitrogen and oxygen atoms in total. The van der Waals surface area contributed by atoms with E-state index >= 15 is 0 Å². The van der Waals surface area contributed by atoms with E-state index in [1.54, 1.807) is 5.19 Å². The van der Waals surface area contributed by atoms with Crippen molar-refractivity contribution in [3.63, 3.8) is 0 Å². The van der Waals surface area contributed by atoms with E-state index in [1.807, 2.05) is 0 Å². The molecule has 0 saturated heterocycles. The molecule has 0 unspecified atom stereocenters. The Morgan fingerprint density at radius 3 is 1.90 bits per heavy atom. The van der Waals surface area contributed by atoms with Gasteiger partial charge in [0.25, 0.3) is 0 Å². The molecule has 0 heterocycles. The van der Waals surface area contributed by atoms with Gasteiger partial charge in [-0.3, -0.25) is 0 Å². The minimum Gasteiger partial charge on any atom is -0.0961 e. The van der Waals surface area contributed by atoms with Crippen LogP contribution in [-0.4, -0.2) is 15.2 Å². The van der Waals surface area contributed by atoms with Crippen molar-refractivity contribution in [1.29, 1.82) is 0 Å². The van der Waals surface area contributed by atoms with Gasteiger partial charge in [0.05, 0.1) is 15.2 Å². The average molecular weight is 311 g/mol. The van der Waals surface area contributed by atoms with E-state index in [1.165, 1.54) is 11.1 Å². The number of benzene rings is 2. The molecular weight excluding hydrogens is 284 g/mol. The summed E-state index contributed by atoms with van der Waals surface area (Å²) in [5.41, 5.74) is 5.18. The van der Waals surface area contributed by atoms with Crippen molar-refractivity contribution in [3.05, 3.63) is 71.4 Å². The van der Waals surface area contributed by atoms with Gasteiger partial charge in [0.2, 0.25) is 0 Å². The van der Waals surface area contributed by atoms with Gasteiger partial charge in [-0.25, -0.2) is 0 Å². The second-order valence-electron chi connectivity index (χ2n) is 6.96. The first-order chi connectivity index (χ1) is 9.83. The van der Waals surface area contributed by atoms with Crippen molar-refractivity contribution in [1.82, 2.24) is 0 Å². The van der Waals surface area contributed by atoms with Crippen LogP contribution in [0.5, 0.6) is 0 Å². The quantitative estimate of drug-likeness (QED) is 0.701. The van der Waals surface area contributed by atoms with Crippen LogP contribution in [0.15, 0.2) is 60.3 Å². The van der Waals surface area contributed by atoms with E-state index < -0.39 is 15.2 Å². The van der Waals surface area contributed by atoms with Gasteiger partial charge >= 0.3 is 0 Å². The highest BCUT2D eigenvalue weighted by molar-refractivity contribution is 7.47. The Balaban J connectivity index is 2.26. The van der Waals surface area contributed by atoms with Crippen molar-refractivity contribution in [2.75, 3.05) is 0 Å². The van der Waals surface area contributed by atoms with Crippen molar-refractivity contribution in [3.8, 4) is 0 Å². The van der Waals surface area contributed by atoms with Crippen LogP contribution in [-0.2, 0) is 0 Å². The molecule has 2 heteroatoms. The zero-order valence-electron chi connectivity index (χ0n) is 13.9. The fraction of sp³-hybridized carbons (Fsp3) is 0.263. The van der Waals surface area contributed by atoms with E-state index in [0.717, 1.165) is 0 Å². The number of hydrogen-bond donors (Lipinski definition) is 0. The molecule has 0 amide bonds. The topological polar surface area (TPSA) is 0 Å². The predicted molar refractivity (Wildman–Crippen MR) is 101 cm³/mol. The smallest absolute Gasteiger partial charge is 0.0784 e. The van der Waals surface area contributed by atoms with Crippen LogP contribution in [0.4, 0.5) is 0 Å². The molecule has 0 radical (unpaired) electrons. The first kappa shape index (κ1) is 16.0. The largest absolute Gasteiger partial charge is 0.0961 e. The molecule has 2 aromatic carbocycles. The lowest BCUT2D eigenvalue weighted by atomic mass is 10.2. The van der Waals surface area contributed by atoms with Gasteiger partial charge < -0.3 is 0 Å². The summed E-state index contributed by atoms with van der Waals surface area (Å²) in [6.45, 7) is 12.2. The van der Waals surface area contributed by atoms with Gasteiger partial charge in [0.15, 0.2) is 0 Å². The first-order valence-electron chi connectivity index (χ1n) is 7.64. The molecule has 21 heavy (non-hydrogen) atoms. The Hall–Kier alpha value is -1.39. The normalized spacial score (nSPS) is 12.8. The zero-order valence-corrected chi connectivity index (χ0v) is 15.9. The van der Waals surface area contributed by atoms with E-state index in [-0.39, 0.29) is 0 Å². The summed E-state index contributed by atoms with van der Waals surface area (Å²) >= 11 is 0. The van der Waals surface area contributed by atoms with Crippen molar-refractivity contribution in [2.45, 2.75) is 33.1 Å². The number of aryl methyl sites for hydroxylation is 1. The Bertz CT molecular complexity index is 608. The summed E-state index contributed by atoms with van der Waals surface area (Å²) in [4.78, 5) is 0. The van der Waals surface area contributed by atoms with Crippen LogP contribution in [0.3, 0.4) is 0 Å². The minimum atomic E-state index is -1.42. The lowest BCUT2D eigenvalue weighted by Gasteiger charge is -2.36.